The Kier molecular flexibility index (Phi) is 4.70. The highest BCUT2D eigenvalue weighted by atomic mass is 35.5. The number of fused-ring (bicyclic) bond motifs is 1. The highest BCUT2D eigenvalue weighted by Gasteiger charge is 2.34. The molecule has 28 heavy (non-hydrogen) atoms. The predicted molar refractivity (Wildman–Crippen MR) is 105 cm³/mol. The summed E-state index contributed by atoms with van der Waals surface area (Å²) in [5.41, 5.74) is 2.69. The summed E-state index contributed by atoms with van der Waals surface area (Å²) in [6, 6.07) is 13.9. The van der Waals surface area contributed by atoms with E-state index in [0.717, 1.165) is 11.3 Å². The smallest absolute Gasteiger partial charge is 0.255 e. The summed E-state index contributed by atoms with van der Waals surface area (Å²) >= 11 is 5.92. The maximum atomic E-state index is 13.2. The normalized spacial score (nSPS) is 15.6. The molecule has 0 unspecified atom stereocenters. The molecule has 0 saturated carbocycles. The van der Waals surface area contributed by atoms with Crippen LogP contribution in [0.4, 0.5) is 11.6 Å². The first kappa shape index (κ1) is 18.0. The number of amides is 1. The Morgan fingerprint density at radius 1 is 1.18 bits per heavy atom. The second-order valence-electron chi connectivity index (χ2n) is 6.25. The molecule has 0 saturated heterocycles. The van der Waals surface area contributed by atoms with Gasteiger partial charge in [-0.2, -0.15) is 4.68 Å². The molecule has 3 aromatic rings. The molecule has 1 aromatic heterocycles. The molecule has 9 heteroatoms. The lowest BCUT2D eigenvalue weighted by atomic mass is 9.95. The van der Waals surface area contributed by atoms with Crippen LogP contribution < -0.4 is 15.4 Å². The molecule has 1 amide bonds. The van der Waals surface area contributed by atoms with E-state index >= 15 is 0 Å². The van der Waals surface area contributed by atoms with Gasteiger partial charge in [0.1, 0.15) is 11.8 Å². The number of hydrogen-bond acceptors (Lipinski definition) is 6. The molecule has 1 aliphatic rings. The van der Waals surface area contributed by atoms with Crippen LogP contribution in [0.3, 0.4) is 0 Å². The van der Waals surface area contributed by atoms with E-state index in [0.29, 0.717) is 27.9 Å². The lowest BCUT2D eigenvalue weighted by molar-refractivity contribution is -0.113. The van der Waals surface area contributed by atoms with Gasteiger partial charge in [-0.25, -0.2) is 0 Å². The summed E-state index contributed by atoms with van der Waals surface area (Å²) in [5, 5.41) is 18.4. The Morgan fingerprint density at radius 2 is 1.89 bits per heavy atom. The predicted octanol–water partition coefficient (Wildman–Crippen LogP) is 3.26. The average Bonchev–Trinajstić information content (AvgIpc) is 3.16. The minimum atomic E-state index is -0.482. The van der Waals surface area contributed by atoms with Gasteiger partial charge >= 0.3 is 0 Å². The molecule has 4 rings (SSSR count). The average molecular weight is 397 g/mol. The zero-order valence-electron chi connectivity index (χ0n) is 15.2. The zero-order valence-corrected chi connectivity index (χ0v) is 15.9. The summed E-state index contributed by atoms with van der Waals surface area (Å²) in [4.78, 5) is 13.2. The van der Waals surface area contributed by atoms with Crippen LogP contribution in [0.15, 0.2) is 59.8 Å². The molecule has 0 bridgehead atoms. The van der Waals surface area contributed by atoms with Gasteiger partial charge in [-0.05, 0) is 59.3 Å². The van der Waals surface area contributed by atoms with Gasteiger partial charge in [-0.15, -0.1) is 0 Å². The van der Waals surface area contributed by atoms with Crippen molar-refractivity contribution in [2.45, 2.75) is 13.0 Å². The third kappa shape index (κ3) is 3.29. The Morgan fingerprint density at radius 3 is 2.57 bits per heavy atom. The number of anilines is 2. The number of allylic oxidation sites excluding steroid dienone is 1. The second-order valence-corrected chi connectivity index (χ2v) is 6.68. The molecule has 0 fully saturated rings. The third-order valence-corrected chi connectivity index (χ3v) is 4.74. The maximum absolute atomic E-state index is 13.2. The van der Waals surface area contributed by atoms with Crippen molar-refractivity contribution in [1.82, 2.24) is 20.2 Å². The molecule has 1 aliphatic heterocycles. The van der Waals surface area contributed by atoms with Crippen LogP contribution in [0, 0.1) is 0 Å². The molecule has 0 radical (unpaired) electrons. The number of hydrogen-bond donors (Lipinski definition) is 2. The Bertz CT molecular complexity index is 1040. The largest absolute Gasteiger partial charge is 0.497 e. The summed E-state index contributed by atoms with van der Waals surface area (Å²) in [5.74, 6) is 0.943. The standard InChI is InChI=1S/C19H17ClN6O2/c1-11-16(18(27)22-14-7-5-13(20)6-8-14)17(26-19(21-11)23-24-25-26)12-3-9-15(28-2)10-4-12/h3-10,17H,1-2H3,(H,22,27)(H,21,23,25)/t17-/m1/s1. The molecule has 2 heterocycles. The Labute approximate surface area is 166 Å². The van der Waals surface area contributed by atoms with Gasteiger partial charge in [0.2, 0.25) is 5.95 Å². The number of aromatic nitrogens is 4. The molecule has 8 nitrogen and oxygen atoms in total. The van der Waals surface area contributed by atoms with E-state index in [2.05, 4.69) is 26.2 Å². The van der Waals surface area contributed by atoms with E-state index in [-0.39, 0.29) is 5.91 Å². The van der Waals surface area contributed by atoms with Gasteiger partial charge in [0.25, 0.3) is 5.91 Å². The highest BCUT2D eigenvalue weighted by Crippen LogP contribution is 2.35. The van der Waals surface area contributed by atoms with Gasteiger partial charge < -0.3 is 15.4 Å². The number of carbonyl (C=O) groups is 1. The van der Waals surface area contributed by atoms with Gasteiger partial charge in [-0.1, -0.05) is 28.8 Å². The number of nitrogens with zero attached hydrogens (tertiary/aromatic N) is 4. The number of rotatable bonds is 4. The van der Waals surface area contributed by atoms with E-state index in [1.54, 1.807) is 36.1 Å². The van der Waals surface area contributed by atoms with Crippen molar-refractivity contribution < 1.29 is 9.53 Å². The van der Waals surface area contributed by atoms with Gasteiger partial charge in [-0.3, -0.25) is 4.79 Å². The molecule has 2 aromatic carbocycles. The SMILES string of the molecule is COc1ccc([C@@H]2C(C(=O)Nc3ccc(Cl)cc3)=C(C)Nc3nnnn32)cc1. The van der Waals surface area contributed by atoms with Crippen LogP contribution in [0.25, 0.3) is 0 Å². The minimum Gasteiger partial charge on any atom is -0.497 e. The van der Waals surface area contributed by atoms with Crippen molar-refractivity contribution in [3.05, 3.63) is 70.4 Å². The topological polar surface area (TPSA) is 94.0 Å². The van der Waals surface area contributed by atoms with Crippen LogP contribution in [0.5, 0.6) is 5.75 Å². The lowest BCUT2D eigenvalue weighted by Gasteiger charge is -2.28. The number of methoxy groups -OCH3 is 1. The van der Waals surface area contributed by atoms with Crippen molar-refractivity contribution >= 4 is 29.1 Å². The van der Waals surface area contributed by atoms with E-state index in [1.165, 1.54) is 0 Å². The van der Waals surface area contributed by atoms with E-state index in [4.69, 9.17) is 16.3 Å². The monoisotopic (exact) mass is 396 g/mol. The summed E-state index contributed by atoms with van der Waals surface area (Å²) in [6.07, 6.45) is 0. The highest BCUT2D eigenvalue weighted by molar-refractivity contribution is 6.30. The molecule has 2 N–H and O–H groups in total. The first-order chi connectivity index (χ1) is 13.6. The first-order valence-corrected chi connectivity index (χ1v) is 8.91. The zero-order chi connectivity index (χ0) is 19.7. The quantitative estimate of drug-likeness (QED) is 0.703. The van der Waals surface area contributed by atoms with Crippen LogP contribution in [-0.4, -0.2) is 33.2 Å². The fraction of sp³-hybridized carbons (Fsp3) is 0.158. The van der Waals surface area contributed by atoms with Gasteiger partial charge in [0.15, 0.2) is 0 Å². The number of benzene rings is 2. The fourth-order valence-electron chi connectivity index (χ4n) is 3.13. The van der Waals surface area contributed by atoms with Crippen molar-refractivity contribution in [1.29, 1.82) is 0 Å². The van der Waals surface area contributed by atoms with Crippen LogP contribution in [0.2, 0.25) is 5.02 Å². The number of nitrogens with one attached hydrogen (secondary N) is 2. The van der Waals surface area contributed by atoms with Gasteiger partial charge in [0.05, 0.1) is 12.7 Å². The fourth-order valence-corrected chi connectivity index (χ4v) is 3.26. The summed E-state index contributed by atoms with van der Waals surface area (Å²) in [6.45, 7) is 1.82. The van der Waals surface area contributed by atoms with Crippen LogP contribution in [-0.2, 0) is 4.79 Å². The van der Waals surface area contributed by atoms with E-state index in [9.17, 15) is 4.79 Å². The lowest BCUT2D eigenvalue weighted by Crippen LogP contribution is -2.31. The van der Waals surface area contributed by atoms with E-state index in [1.807, 2.05) is 31.2 Å². The minimum absolute atomic E-state index is 0.255. The van der Waals surface area contributed by atoms with Crippen molar-refractivity contribution in [3.63, 3.8) is 0 Å². The first-order valence-electron chi connectivity index (χ1n) is 8.53. The number of ether oxygens (including phenoxy) is 1. The maximum Gasteiger partial charge on any atom is 0.255 e. The van der Waals surface area contributed by atoms with E-state index < -0.39 is 6.04 Å². The van der Waals surface area contributed by atoms with Gasteiger partial charge in [0, 0.05) is 16.4 Å². The number of carbonyl (C=O) groups excluding carboxylic acids is 1. The number of tetrazole rings is 1. The molecule has 0 aliphatic carbocycles. The number of halogens is 1. The Balaban J connectivity index is 1.73. The molecular formula is C19H17ClN6O2. The molecule has 0 spiro atoms. The Hall–Kier alpha value is -3.39. The molecule has 142 valence electrons. The second kappa shape index (κ2) is 7.32. The van der Waals surface area contributed by atoms with Crippen molar-refractivity contribution in [2.75, 3.05) is 17.7 Å². The van der Waals surface area contributed by atoms with Crippen LogP contribution in [0.1, 0.15) is 18.5 Å². The summed E-state index contributed by atoms with van der Waals surface area (Å²) in [7, 11) is 1.61. The van der Waals surface area contributed by atoms with Crippen molar-refractivity contribution in [3.8, 4) is 5.75 Å². The molecular weight excluding hydrogens is 380 g/mol. The molecule has 1 atom stereocenters. The van der Waals surface area contributed by atoms with Crippen molar-refractivity contribution in [2.24, 2.45) is 0 Å². The third-order valence-electron chi connectivity index (χ3n) is 4.49. The van der Waals surface area contributed by atoms with Crippen LogP contribution >= 0.6 is 11.6 Å². The summed E-state index contributed by atoms with van der Waals surface area (Å²) < 4.78 is 6.82.